The molecule has 1 unspecified atom stereocenters. The molecule has 1 heterocycles. The third-order valence-corrected chi connectivity index (χ3v) is 3.63. The number of esters is 1. The van der Waals surface area contributed by atoms with Crippen LogP contribution in [0.15, 0.2) is 30.3 Å². The van der Waals surface area contributed by atoms with Gasteiger partial charge < -0.3 is 15.2 Å². The van der Waals surface area contributed by atoms with E-state index in [2.05, 4.69) is 9.72 Å². The monoisotopic (exact) mass is 356 g/mol. The summed E-state index contributed by atoms with van der Waals surface area (Å²) >= 11 is 0. The minimum atomic E-state index is -4.96. The lowest BCUT2D eigenvalue weighted by Gasteiger charge is -2.29. The molecule has 2 N–H and O–H groups in total. The van der Waals surface area contributed by atoms with Crippen molar-refractivity contribution < 1.29 is 27.4 Å². The van der Waals surface area contributed by atoms with Crippen molar-refractivity contribution in [3.8, 4) is 5.75 Å². The molecule has 0 radical (unpaired) electrons. The average molecular weight is 356 g/mol. The third-order valence-electron chi connectivity index (χ3n) is 3.63. The molecular weight excluding hydrogens is 337 g/mol. The molecule has 0 aliphatic carbocycles. The molecule has 0 fully saturated rings. The lowest BCUT2D eigenvalue weighted by molar-refractivity contribution is -0.205. The van der Waals surface area contributed by atoms with E-state index in [4.69, 9.17) is 10.5 Å². The molecule has 136 valence electrons. The minimum Gasteiger partial charge on any atom is -0.494 e. The highest BCUT2D eigenvalue weighted by Crippen LogP contribution is 2.32. The summed E-state index contributed by atoms with van der Waals surface area (Å²) in [4.78, 5) is 16.0. The number of hydrogen-bond donors (Lipinski definition) is 1. The van der Waals surface area contributed by atoms with E-state index in [1.807, 2.05) is 6.92 Å². The van der Waals surface area contributed by atoms with Gasteiger partial charge in [0.15, 0.2) is 0 Å². The number of rotatable bonds is 6. The summed E-state index contributed by atoms with van der Waals surface area (Å²) in [6.45, 7) is 3.56. The lowest BCUT2D eigenvalue weighted by atomic mass is 9.93. The van der Waals surface area contributed by atoms with Crippen molar-refractivity contribution in [1.82, 2.24) is 4.98 Å². The van der Waals surface area contributed by atoms with Gasteiger partial charge in [0, 0.05) is 17.5 Å². The maximum atomic E-state index is 13.3. The summed E-state index contributed by atoms with van der Waals surface area (Å²) in [5.74, 6) is -0.879. The predicted octanol–water partition coefficient (Wildman–Crippen LogP) is 3.00. The van der Waals surface area contributed by atoms with Crippen molar-refractivity contribution in [3.05, 3.63) is 36.0 Å². The quantitative estimate of drug-likeness (QED) is 0.806. The van der Waals surface area contributed by atoms with Crippen molar-refractivity contribution in [3.63, 3.8) is 0 Å². The molecule has 5 nitrogen and oxygen atoms in total. The first-order chi connectivity index (χ1) is 11.7. The van der Waals surface area contributed by atoms with Crippen LogP contribution in [0.3, 0.4) is 0 Å². The van der Waals surface area contributed by atoms with E-state index in [1.165, 1.54) is 13.0 Å². The van der Waals surface area contributed by atoms with Crippen molar-refractivity contribution in [2.45, 2.75) is 32.0 Å². The van der Waals surface area contributed by atoms with E-state index in [-0.39, 0.29) is 12.3 Å². The van der Waals surface area contributed by atoms with Gasteiger partial charge in [0.25, 0.3) is 0 Å². The third kappa shape index (κ3) is 4.01. The molecule has 0 aliphatic rings. The number of fused-ring (bicyclic) bond motifs is 1. The van der Waals surface area contributed by atoms with E-state index < -0.39 is 24.1 Å². The van der Waals surface area contributed by atoms with Gasteiger partial charge in [0.05, 0.1) is 18.7 Å². The van der Waals surface area contributed by atoms with Crippen molar-refractivity contribution in [2.24, 2.45) is 5.73 Å². The van der Waals surface area contributed by atoms with Gasteiger partial charge in [-0.25, -0.2) is 4.79 Å². The van der Waals surface area contributed by atoms with Gasteiger partial charge in [-0.2, -0.15) is 13.2 Å². The molecule has 0 aliphatic heterocycles. The van der Waals surface area contributed by atoms with E-state index >= 15 is 0 Å². The maximum Gasteiger partial charge on any atom is 0.417 e. The number of pyridine rings is 1. The molecule has 8 heteroatoms. The minimum absolute atomic E-state index is 0.0459. The van der Waals surface area contributed by atoms with Gasteiger partial charge in [-0.3, -0.25) is 4.98 Å². The topological polar surface area (TPSA) is 74.4 Å². The Balaban J connectivity index is 2.36. The zero-order valence-electron chi connectivity index (χ0n) is 13.9. The highest BCUT2D eigenvalue weighted by molar-refractivity contribution is 5.83. The van der Waals surface area contributed by atoms with Gasteiger partial charge >= 0.3 is 12.1 Å². The molecule has 1 atom stereocenters. The van der Waals surface area contributed by atoms with Gasteiger partial charge in [-0.05, 0) is 38.1 Å². The predicted molar refractivity (Wildman–Crippen MR) is 86.2 cm³/mol. The number of ether oxygens (including phenoxy) is 2. The zero-order valence-corrected chi connectivity index (χ0v) is 13.9. The van der Waals surface area contributed by atoms with Crippen molar-refractivity contribution in [1.29, 1.82) is 0 Å². The highest BCUT2D eigenvalue weighted by atomic mass is 19.4. The van der Waals surface area contributed by atoms with E-state index in [9.17, 15) is 18.0 Å². The highest BCUT2D eigenvalue weighted by Gasteiger charge is 2.59. The number of nitrogens with two attached hydrogens (primary N) is 1. The van der Waals surface area contributed by atoms with Crippen LogP contribution in [0.5, 0.6) is 5.75 Å². The van der Waals surface area contributed by atoms with Crippen LogP contribution >= 0.6 is 0 Å². The van der Waals surface area contributed by atoms with Crippen LogP contribution in [0, 0.1) is 0 Å². The Bertz CT molecular complexity index is 764. The molecule has 0 amide bonds. The van der Waals surface area contributed by atoms with Crippen LogP contribution in [0.2, 0.25) is 0 Å². The van der Waals surface area contributed by atoms with Crippen molar-refractivity contribution in [2.75, 3.05) is 13.2 Å². The molecule has 0 spiro atoms. The fraction of sp³-hybridized carbons (Fsp3) is 0.412. The Labute approximate surface area is 142 Å². The largest absolute Gasteiger partial charge is 0.494 e. The second-order valence-electron chi connectivity index (χ2n) is 5.46. The lowest BCUT2D eigenvalue weighted by Crippen LogP contribution is -2.61. The van der Waals surface area contributed by atoms with Crippen LogP contribution in [-0.4, -0.2) is 35.9 Å². The summed E-state index contributed by atoms with van der Waals surface area (Å²) in [7, 11) is 0. The van der Waals surface area contributed by atoms with Crippen molar-refractivity contribution >= 4 is 16.9 Å². The number of halogens is 3. The van der Waals surface area contributed by atoms with Gasteiger partial charge in [-0.1, -0.05) is 6.07 Å². The fourth-order valence-corrected chi connectivity index (χ4v) is 2.33. The SMILES string of the molecule is CCOC(=O)C(N)(Cc1ccc2cc(OCC)ccc2n1)C(F)(F)F. The second kappa shape index (κ2) is 7.26. The van der Waals surface area contributed by atoms with Gasteiger partial charge in [-0.15, -0.1) is 0 Å². The van der Waals surface area contributed by atoms with Crippen LogP contribution in [0.1, 0.15) is 19.5 Å². The summed E-state index contributed by atoms with van der Waals surface area (Å²) in [5, 5.41) is 0.709. The summed E-state index contributed by atoms with van der Waals surface area (Å²) in [5.41, 5.74) is 2.77. The zero-order chi connectivity index (χ0) is 18.7. The van der Waals surface area contributed by atoms with Crippen LogP contribution in [-0.2, 0) is 16.0 Å². The van der Waals surface area contributed by atoms with Gasteiger partial charge in [0.1, 0.15) is 5.75 Å². The second-order valence-corrected chi connectivity index (χ2v) is 5.46. The van der Waals surface area contributed by atoms with E-state index in [0.717, 1.165) is 0 Å². The smallest absolute Gasteiger partial charge is 0.417 e. The summed E-state index contributed by atoms with van der Waals surface area (Å²) < 4.78 is 49.9. The normalized spacial score (nSPS) is 14.2. The first-order valence-electron chi connectivity index (χ1n) is 7.76. The Hall–Kier alpha value is -2.35. The van der Waals surface area contributed by atoms with Crippen LogP contribution in [0.4, 0.5) is 13.2 Å². The van der Waals surface area contributed by atoms with E-state index in [0.29, 0.717) is 23.3 Å². The number of nitrogens with zero attached hydrogens (tertiary/aromatic N) is 1. The molecule has 0 bridgehead atoms. The molecule has 1 aromatic carbocycles. The molecular formula is C17H19F3N2O3. The Morgan fingerprint density at radius 1 is 1.16 bits per heavy atom. The number of alkyl halides is 3. The summed E-state index contributed by atoms with van der Waals surface area (Å²) in [6, 6.07) is 8.07. The molecule has 0 saturated heterocycles. The van der Waals surface area contributed by atoms with Crippen LogP contribution in [0.25, 0.3) is 10.9 Å². The first-order valence-corrected chi connectivity index (χ1v) is 7.76. The molecule has 0 saturated carbocycles. The molecule has 2 rings (SSSR count). The molecule has 25 heavy (non-hydrogen) atoms. The Kier molecular flexibility index (Phi) is 5.52. The number of carbonyl (C=O) groups is 1. The van der Waals surface area contributed by atoms with Crippen LogP contribution < -0.4 is 10.5 Å². The summed E-state index contributed by atoms with van der Waals surface area (Å²) in [6.07, 6.45) is -5.77. The number of hydrogen-bond acceptors (Lipinski definition) is 5. The number of carbonyl (C=O) groups excluding carboxylic acids is 1. The van der Waals surface area contributed by atoms with E-state index in [1.54, 1.807) is 24.3 Å². The van der Waals surface area contributed by atoms with Gasteiger partial charge in [0.2, 0.25) is 5.54 Å². The first kappa shape index (κ1) is 19.0. The average Bonchev–Trinajstić information content (AvgIpc) is 2.54. The number of benzene rings is 1. The molecule has 1 aromatic heterocycles. The Morgan fingerprint density at radius 2 is 1.88 bits per heavy atom. The molecule has 2 aromatic rings. The Morgan fingerprint density at radius 3 is 2.48 bits per heavy atom. The fourth-order valence-electron chi connectivity index (χ4n) is 2.33. The standard InChI is InChI=1S/C17H19F3N2O3/c1-3-24-13-7-8-14-11(9-13)5-6-12(22-14)10-16(21,17(18,19)20)15(23)25-4-2/h5-9H,3-4,10,21H2,1-2H3. The maximum absolute atomic E-state index is 13.3. The number of aromatic nitrogens is 1.